The predicted molar refractivity (Wildman–Crippen MR) is 125 cm³/mol. The zero-order valence-electron chi connectivity index (χ0n) is 19.1. The zero-order valence-corrected chi connectivity index (χ0v) is 19.9. The molecule has 0 atom stereocenters. The van der Waals surface area contributed by atoms with E-state index in [1.165, 1.54) is 30.9 Å². The molecule has 0 aliphatic carbocycles. The van der Waals surface area contributed by atoms with Crippen molar-refractivity contribution in [3.05, 3.63) is 65.5 Å². The van der Waals surface area contributed by atoms with E-state index < -0.39 is 28.5 Å². The number of hydrogen-bond donors (Lipinski definition) is 1. The minimum atomic E-state index is -3.68. The quantitative estimate of drug-likeness (QED) is 0.377. The molecule has 0 aliphatic rings. The summed E-state index contributed by atoms with van der Waals surface area (Å²) in [5.74, 6) is -1.09. The summed E-state index contributed by atoms with van der Waals surface area (Å²) in [7, 11) is -0.847. The monoisotopic (exact) mass is 484 g/mol. The van der Waals surface area contributed by atoms with Gasteiger partial charge in [0.25, 0.3) is 5.91 Å². The SMILES string of the molecule is Cc1ccc(S(=O)(=O)N(C)C)cc1NC(=O)COC(=O)C(=Cc1ccccc1)n1nnnc1C. The molecule has 0 aliphatic heterocycles. The number of aromatic nitrogens is 4. The largest absolute Gasteiger partial charge is 0.451 e. The number of benzene rings is 2. The van der Waals surface area contributed by atoms with E-state index >= 15 is 0 Å². The Bertz CT molecular complexity index is 1330. The maximum absolute atomic E-state index is 12.8. The number of sulfonamides is 1. The smallest absolute Gasteiger partial charge is 0.357 e. The second-order valence-electron chi connectivity index (χ2n) is 7.47. The topological polar surface area (TPSA) is 136 Å². The van der Waals surface area contributed by atoms with Crippen molar-refractivity contribution in [2.75, 3.05) is 26.0 Å². The van der Waals surface area contributed by atoms with Crippen molar-refractivity contribution in [1.82, 2.24) is 24.5 Å². The number of nitrogens with one attached hydrogen (secondary N) is 1. The fourth-order valence-electron chi connectivity index (χ4n) is 2.87. The van der Waals surface area contributed by atoms with Gasteiger partial charge in [-0.15, -0.1) is 5.10 Å². The summed E-state index contributed by atoms with van der Waals surface area (Å²) in [5, 5.41) is 13.7. The summed E-state index contributed by atoms with van der Waals surface area (Å²) in [6.45, 7) is 2.74. The number of aryl methyl sites for hydroxylation is 2. The molecule has 0 fully saturated rings. The Balaban J connectivity index is 1.75. The van der Waals surface area contributed by atoms with Crippen LogP contribution >= 0.6 is 0 Å². The van der Waals surface area contributed by atoms with Crippen LogP contribution in [-0.4, -0.2) is 65.5 Å². The molecule has 2 aromatic carbocycles. The Morgan fingerprint density at radius 1 is 1.12 bits per heavy atom. The molecule has 1 heterocycles. The highest BCUT2D eigenvalue weighted by molar-refractivity contribution is 7.89. The van der Waals surface area contributed by atoms with Crippen LogP contribution < -0.4 is 5.32 Å². The average Bonchev–Trinajstić information content (AvgIpc) is 3.23. The summed E-state index contributed by atoms with van der Waals surface area (Å²) in [4.78, 5) is 25.3. The van der Waals surface area contributed by atoms with E-state index in [0.717, 1.165) is 4.31 Å². The van der Waals surface area contributed by atoms with Gasteiger partial charge in [-0.1, -0.05) is 36.4 Å². The Labute approximate surface area is 197 Å². The van der Waals surface area contributed by atoms with Gasteiger partial charge in [0.2, 0.25) is 10.0 Å². The Kier molecular flexibility index (Phi) is 7.54. The minimum Gasteiger partial charge on any atom is -0.451 e. The Morgan fingerprint density at radius 3 is 2.44 bits per heavy atom. The van der Waals surface area contributed by atoms with Gasteiger partial charge in [-0.3, -0.25) is 4.79 Å². The molecule has 34 heavy (non-hydrogen) atoms. The number of esters is 1. The van der Waals surface area contributed by atoms with Crippen LogP contribution in [0.3, 0.4) is 0 Å². The van der Waals surface area contributed by atoms with Gasteiger partial charge in [0.05, 0.1) is 4.90 Å². The summed E-state index contributed by atoms with van der Waals surface area (Å²) < 4.78 is 32.3. The molecule has 1 N–H and O–H groups in total. The molecule has 0 bridgehead atoms. The van der Waals surface area contributed by atoms with Crippen molar-refractivity contribution >= 4 is 39.4 Å². The molecule has 1 aromatic heterocycles. The van der Waals surface area contributed by atoms with Gasteiger partial charge in [0.15, 0.2) is 18.1 Å². The van der Waals surface area contributed by atoms with E-state index in [2.05, 4.69) is 20.8 Å². The molecular formula is C22H24N6O5S. The van der Waals surface area contributed by atoms with Gasteiger partial charge in [0.1, 0.15) is 0 Å². The zero-order chi connectivity index (χ0) is 24.9. The number of amides is 1. The first-order valence-corrected chi connectivity index (χ1v) is 11.6. The first kappa shape index (κ1) is 24.7. The third-order valence-electron chi connectivity index (χ3n) is 4.76. The van der Waals surface area contributed by atoms with E-state index in [1.807, 2.05) is 18.2 Å². The van der Waals surface area contributed by atoms with Crippen molar-refractivity contribution in [2.24, 2.45) is 0 Å². The normalized spacial score (nSPS) is 12.0. The number of ether oxygens (including phenoxy) is 1. The van der Waals surface area contributed by atoms with Gasteiger partial charge in [-0.2, -0.15) is 4.68 Å². The van der Waals surface area contributed by atoms with Crippen molar-refractivity contribution in [1.29, 1.82) is 0 Å². The second-order valence-corrected chi connectivity index (χ2v) is 9.62. The van der Waals surface area contributed by atoms with Gasteiger partial charge >= 0.3 is 5.97 Å². The summed E-state index contributed by atoms with van der Waals surface area (Å²) in [6.07, 6.45) is 1.54. The van der Waals surface area contributed by atoms with Crippen molar-refractivity contribution in [3.8, 4) is 0 Å². The summed E-state index contributed by atoms with van der Waals surface area (Å²) in [5.41, 5.74) is 1.67. The van der Waals surface area contributed by atoms with E-state index in [9.17, 15) is 18.0 Å². The highest BCUT2D eigenvalue weighted by Gasteiger charge is 2.21. The lowest BCUT2D eigenvalue weighted by Gasteiger charge is -2.14. The predicted octanol–water partition coefficient (Wildman–Crippen LogP) is 1.72. The average molecular weight is 485 g/mol. The molecule has 3 rings (SSSR count). The molecule has 0 spiro atoms. The van der Waals surface area contributed by atoms with Gasteiger partial charge < -0.3 is 10.1 Å². The first-order valence-electron chi connectivity index (χ1n) is 10.1. The molecule has 12 heteroatoms. The summed E-state index contributed by atoms with van der Waals surface area (Å²) in [6, 6.07) is 13.4. The van der Waals surface area contributed by atoms with Crippen LogP contribution in [0.15, 0.2) is 53.4 Å². The van der Waals surface area contributed by atoms with Crippen LogP contribution in [0.25, 0.3) is 11.8 Å². The number of anilines is 1. The van der Waals surface area contributed by atoms with Crippen LogP contribution in [0, 0.1) is 13.8 Å². The maximum Gasteiger partial charge on any atom is 0.357 e. The number of carbonyl (C=O) groups excluding carboxylic acids is 2. The van der Waals surface area contributed by atoms with Gasteiger partial charge in [0, 0.05) is 19.8 Å². The van der Waals surface area contributed by atoms with E-state index in [-0.39, 0.29) is 10.6 Å². The fraction of sp³-hybridized carbons (Fsp3) is 0.227. The van der Waals surface area contributed by atoms with Crippen molar-refractivity contribution < 1.29 is 22.7 Å². The van der Waals surface area contributed by atoms with Gasteiger partial charge in [-0.25, -0.2) is 17.5 Å². The molecule has 0 radical (unpaired) electrons. The third-order valence-corrected chi connectivity index (χ3v) is 6.57. The van der Waals surface area contributed by atoms with Crippen molar-refractivity contribution in [3.63, 3.8) is 0 Å². The third kappa shape index (κ3) is 5.71. The van der Waals surface area contributed by atoms with E-state index in [4.69, 9.17) is 4.74 Å². The molecule has 178 valence electrons. The fourth-order valence-corrected chi connectivity index (χ4v) is 3.79. The number of hydrogen-bond acceptors (Lipinski definition) is 8. The van der Waals surface area contributed by atoms with E-state index in [0.29, 0.717) is 22.6 Å². The highest BCUT2D eigenvalue weighted by Crippen LogP contribution is 2.22. The molecule has 0 saturated carbocycles. The van der Waals surface area contributed by atoms with Crippen LogP contribution in [0.2, 0.25) is 0 Å². The molecular weight excluding hydrogens is 460 g/mol. The molecule has 3 aromatic rings. The van der Waals surface area contributed by atoms with Gasteiger partial charge in [-0.05, 0) is 53.6 Å². The minimum absolute atomic E-state index is 0.0248. The lowest BCUT2D eigenvalue weighted by atomic mass is 10.2. The first-order chi connectivity index (χ1) is 16.1. The van der Waals surface area contributed by atoms with E-state index in [1.54, 1.807) is 38.1 Å². The molecule has 0 saturated heterocycles. The van der Waals surface area contributed by atoms with Crippen LogP contribution in [0.1, 0.15) is 17.0 Å². The number of tetrazole rings is 1. The lowest BCUT2D eigenvalue weighted by molar-refractivity contribution is -0.141. The molecule has 11 nitrogen and oxygen atoms in total. The standard InChI is InChI=1S/C22H24N6O5S/c1-15-10-11-18(34(31,32)27(3)4)13-19(15)23-21(29)14-33-22(30)20(28-16(2)24-25-26-28)12-17-8-6-5-7-9-17/h5-13H,14H2,1-4H3,(H,23,29). The number of rotatable bonds is 8. The highest BCUT2D eigenvalue weighted by atomic mass is 32.2. The maximum atomic E-state index is 12.8. The lowest BCUT2D eigenvalue weighted by Crippen LogP contribution is -2.24. The second kappa shape index (κ2) is 10.4. The summed E-state index contributed by atoms with van der Waals surface area (Å²) >= 11 is 0. The Morgan fingerprint density at radius 2 is 1.82 bits per heavy atom. The molecule has 0 unspecified atom stereocenters. The van der Waals surface area contributed by atoms with Crippen molar-refractivity contribution in [2.45, 2.75) is 18.7 Å². The number of nitrogens with zero attached hydrogens (tertiary/aromatic N) is 5. The molecule has 1 amide bonds. The van der Waals surface area contributed by atoms with Crippen LogP contribution in [0.4, 0.5) is 5.69 Å². The van der Waals surface area contributed by atoms with Crippen LogP contribution in [0.5, 0.6) is 0 Å². The Hall–Kier alpha value is -3.90. The van der Waals surface area contributed by atoms with Crippen LogP contribution in [-0.2, 0) is 24.3 Å². The number of carbonyl (C=O) groups is 2.